The molecule has 4 aromatic heterocycles. The zero-order chi connectivity index (χ0) is 49.5. The van der Waals surface area contributed by atoms with Crippen LogP contribution in [0.5, 0.6) is 34.5 Å². The van der Waals surface area contributed by atoms with Gasteiger partial charge in [0.25, 0.3) is 0 Å². The van der Waals surface area contributed by atoms with Crippen molar-refractivity contribution in [2.45, 2.75) is 70.8 Å². The Bertz CT molecular complexity index is 2630. The Morgan fingerprint density at radius 1 is 0.761 bits per heavy atom. The number of nitrogens with one attached hydrogen (secondary N) is 2. The van der Waals surface area contributed by atoms with Crippen LogP contribution in [0.15, 0.2) is 49.1 Å². The van der Waals surface area contributed by atoms with E-state index in [1.165, 1.54) is 0 Å². The van der Waals surface area contributed by atoms with Crippen LogP contribution >= 0.6 is 22.6 Å². The maximum Gasteiger partial charge on any atom is 0.490 e. The zero-order valence-corrected chi connectivity index (χ0v) is 42.7. The zero-order valence-electron chi connectivity index (χ0n) is 39.5. The lowest BCUT2D eigenvalue weighted by Gasteiger charge is -2.44. The van der Waals surface area contributed by atoms with Crippen molar-refractivity contribution in [2.75, 3.05) is 55.7 Å². The van der Waals surface area contributed by atoms with Crippen molar-refractivity contribution >= 4 is 64.9 Å². The van der Waals surface area contributed by atoms with E-state index in [0.717, 1.165) is 44.5 Å². The smallest absolute Gasteiger partial charge is 0.490 e. The lowest BCUT2D eigenvalue weighted by molar-refractivity contribution is -0.192. The van der Waals surface area contributed by atoms with E-state index in [2.05, 4.69) is 89.8 Å². The van der Waals surface area contributed by atoms with Gasteiger partial charge in [0.1, 0.15) is 11.0 Å². The van der Waals surface area contributed by atoms with E-state index in [-0.39, 0.29) is 11.7 Å². The fourth-order valence-corrected chi connectivity index (χ4v) is 16.5. The number of ketones is 1. The number of nitrogens with zero attached hydrogens (tertiary/aromatic N) is 5. The number of ether oxygens (including phenoxy) is 6. The second-order valence-corrected chi connectivity index (χ2v) is 23.3. The molecule has 1 aliphatic rings. The number of benzene rings is 2. The first kappa shape index (κ1) is 52.3. The van der Waals surface area contributed by atoms with Gasteiger partial charge < -0.3 is 48.1 Å². The summed E-state index contributed by atoms with van der Waals surface area (Å²) in [5.74, 6) is 0.640. The second kappa shape index (κ2) is 22.0. The van der Waals surface area contributed by atoms with Gasteiger partial charge in [-0.25, -0.2) is 24.7 Å². The average Bonchev–Trinajstić information content (AvgIpc) is 4.07. The molecule has 1 fully saturated rings. The molecule has 1 saturated heterocycles. The number of aromatic amines is 1. The highest BCUT2D eigenvalue weighted by Gasteiger charge is 2.46. The minimum absolute atomic E-state index is 0.0226. The van der Waals surface area contributed by atoms with Gasteiger partial charge in [-0.05, 0) is 76.4 Å². The maximum atomic E-state index is 12.9. The summed E-state index contributed by atoms with van der Waals surface area (Å²) < 4.78 is 68.1. The summed E-state index contributed by atoms with van der Waals surface area (Å²) in [6.45, 7) is 15.7. The SMILES string of the molecule is COc1cc(-c2cnc3[nH]cc(C(=O)C4CCNC4)c3n2)cc(OC)c1OC.COc1cc(-c2cnc3c(n2)c(I)cn3[Si](C(C)C)(C(C)C)C(C)C)cc(OC)c1OC.O=C(O)C(F)(F)F. The molecule has 3 N–H and O–H groups in total. The Hall–Kier alpha value is -5.68. The summed E-state index contributed by atoms with van der Waals surface area (Å²) in [5, 5.41) is 10.4. The molecule has 5 heterocycles. The van der Waals surface area contributed by atoms with Crippen LogP contribution in [0.25, 0.3) is 44.8 Å². The fourth-order valence-electron chi connectivity index (χ4n) is 9.00. The number of rotatable bonds is 14. The quantitative estimate of drug-likeness (QED) is 0.0530. The van der Waals surface area contributed by atoms with Crippen LogP contribution in [0.4, 0.5) is 13.2 Å². The van der Waals surface area contributed by atoms with Crippen molar-refractivity contribution in [1.82, 2.24) is 34.5 Å². The van der Waals surface area contributed by atoms with Crippen molar-refractivity contribution in [1.29, 1.82) is 0 Å². The Labute approximate surface area is 401 Å². The number of carbonyl (C=O) groups is 2. The molecular weight excluding hydrogens is 1010 g/mol. The van der Waals surface area contributed by atoms with Crippen molar-refractivity contribution in [3.05, 3.63) is 58.2 Å². The number of carboxylic acid groups (broad SMARTS) is 1. The molecule has 0 spiro atoms. The first-order valence-electron chi connectivity index (χ1n) is 21.3. The molecule has 67 heavy (non-hydrogen) atoms. The predicted molar refractivity (Wildman–Crippen MR) is 260 cm³/mol. The highest BCUT2D eigenvalue weighted by molar-refractivity contribution is 14.1. The van der Waals surface area contributed by atoms with Gasteiger partial charge in [-0.15, -0.1) is 0 Å². The summed E-state index contributed by atoms with van der Waals surface area (Å²) in [4.78, 5) is 44.0. The van der Waals surface area contributed by atoms with Gasteiger partial charge in [-0.2, -0.15) is 13.2 Å². The third kappa shape index (κ3) is 10.7. The van der Waals surface area contributed by atoms with E-state index in [0.29, 0.717) is 80.1 Å². The number of Topliss-reactive ketones (excluding diaryl/α,β-unsaturated/α-hetero) is 1. The first-order chi connectivity index (χ1) is 31.7. The number of carbonyl (C=O) groups excluding carboxylic acids is 1. The number of aromatic nitrogens is 6. The van der Waals surface area contributed by atoms with Crippen LogP contribution in [0, 0.1) is 9.49 Å². The van der Waals surface area contributed by atoms with Crippen molar-refractivity contribution in [3.63, 3.8) is 0 Å². The third-order valence-corrected chi connectivity index (χ3v) is 19.4. The molecule has 16 nitrogen and oxygen atoms in total. The third-order valence-electron chi connectivity index (χ3n) is 11.9. The second-order valence-electron chi connectivity index (χ2n) is 16.5. The van der Waals surface area contributed by atoms with E-state index in [1.807, 2.05) is 30.5 Å². The predicted octanol–water partition coefficient (Wildman–Crippen LogP) is 9.83. The first-order valence-corrected chi connectivity index (χ1v) is 24.5. The summed E-state index contributed by atoms with van der Waals surface area (Å²) >= 11 is 2.39. The van der Waals surface area contributed by atoms with Gasteiger partial charge in [-0.1, -0.05) is 41.5 Å². The lowest BCUT2D eigenvalue weighted by Crippen LogP contribution is -2.51. The highest BCUT2D eigenvalue weighted by atomic mass is 127. The van der Waals surface area contributed by atoms with Crippen molar-refractivity contribution in [3.8, 4) is 57.0 Å². The van der Waals surface area contributed by atoms with Gasteiger partial charge in [0, 0.05) is 36.0 Å². The van der Waals surface area contributed by atoms with Gasteiger partial charge in [0.15, 0.2) is 48.3 Å². The average molecular weight is 1060 g/mol. The highest BCUT2D eigenvalue weighted by Crippen LogP contribution is 2.46. The van der Waals surface area contributed by atoms with Crippen LogP contribution in [-0.2, 0) is 4.79 Å². The molecule has 7 rings (SSSR count). The number of carboxylic acids is 1. The van der Waals surface area contributed by atoms with Gasteiger partial charge in [-0.3, -0.25) is 4.79 Å². The lowest BCUT2D eigenvalue weighted by atomic mass is 9.98. The number of alkyl halides is 3. The molecule has 0 saturated carbocycles. The summed E-state index contributed by atoms with van der Waals surface area (Å²) in [7, 11) is 7.59. The Kier molecular flexibility index (Phi) is 17.1. The van der Waals surface area contributed by atoms with Gasteiger partial charge in [0.05, 0.1) is 75.6 Å². The van der Waals surface area contributed by atoms with E-state index < -0.39 is 20.4 Å². The van der Waals surface area contributed by atoms with E-state index in [9.17, 15) is 18.0 Å². The fraction of sp³-hybridized carbons (Fsp3) is 0.435. The van der Waals surface area contributed by atoms with E-state index >= 15 is 0 Å². The molecule has 0 bridgehead atoms. The molecule has 1 unspecified atom stereocenters. The van der Waals surface area contributed by atoms with E-state index in [1.54, 1.807) is 55.1 Å². The minimum Gasteiger partial charge on any atom is -0.493 e. The van der Waals surface area contributed by atoms with Crippen molar-refractivity contribution < 1.29 is 56.3 Å². The number of H-pyrrole nitrogens is 1. The Morgan fingerprint density at radius 3 is 1.60 bits per heavy atom. The normalized spacial score (nSPS) is 13.9. The monoisotopic (exact) mass is 1060 g/mol. The molecule has 0 amide bonds. The summed E-state index contributed by atoms with van der Waals surface area (Å²) in [6, 6.07) is 7.45. The summed E-state index contributed by atoms with van der Waals surface area (Å²) in [6.07, 6.45) is 3.24. The largest absolute Gasteiger partial charge is 0.493 e. The molecule has 0 aliphatic carbocycles. The Balaban J connectivity index is 0.000000221. The van der Waals surface area contributed by atoms with Crippen LogP contribution in [0.3, 0.4) is 0 Å². The molecule has 6 aromatic rings. The van der Waals surface area contributed by atoms with Crippen molar-refractivity contribution in [2.24, 2.45) is 5.92 Å². The molecule has 1 aliphatic heterocycles. The van der Waals surface area contributed by atoms with E-state index in [4.69, 9.17) is 53.3 Å². The topological polar surface area (TPSA) is 194 Å². The molecule has 362 valence electrons. The molecule has 0 radical (unpaired) electrons. The molecule has 1 atom stereocenters. The number of aliphatic carboxylic acids is 1. The van der Waals surface area contributed by atoms with Crippen LogP contribution in [0.2, 0.25) is 16.6 Å². The molecular formula is C46H57F3IN7O9Si. The maximum absolute atomic E-state index is 12.9. The number of hydrogen-bond donors (Lipinski definition) is 3. The number of halogens is 4. The molecule has 2 aromatic carbocycles. The number of methoxy groups -OCH3 is 6. The van der Waals surface area contributed by atoms with Crippen LogP contribution < -0.4 is 33.7 Å². The minimum atomic E-state index is -5.08. The molecule has 21 heteroatoms. The van der Waals surface area contributed by atoms with Crippen LogP contribution in [0.1, 0.15) is 58.3 Å². The summed E-state index contributed by atoms with van der Waals surface area (Å²) in [5.41, 5.74) is 8.40. The van der Waals surface area contributed by atoms with Crippen LogP contribution in [-0.4, -0.2) is 116 Å². The number of hydrogen-bond acceptors (Lipinski definition) is 13. The Morgan fingerprint density at radius 2 is 1.21 bits per heavy atom. The number of fused-ring (bicyclic) bond motifs is 2. The van der Waals surface area contributed by atoms with Gasteiger partial charge >= 0.3 is 12.1 Å². The standard InChI is InChI=1S/C24H34IN3O3Si.C20H22N4O4.C2HF3O2/c1-14(2)32(15(3)4,16(5)6)28-13-18(25)22-24(28)26-12-19(27-22)17-10-20(29-7)23(31-9)21(11-17)30-8;1-26-15-6-12(7-16(27-2)19(15)28-3)14-10-23-20-17(24-14)13(9-22-20)18(25)11-4-5-21-8-11;3-2(4,5)1(6)7/h10-16H,1-9H3;6-7,9-11,21H,4-5,8H2,1-3H3,(H,22,23);(H,6,7). The van der Waals surface area contributed by atoms with Gasteiger partial charge in [0.2, 0.25) is 11.5 Å².